The van der Waals surface area contributed by atoms with Gasteiger partial charge in [-0.05, 0) is 51.3 Å². The molecule has 1 heterocycles. The second-order valence-corrected chi connectivity index (χ2v) is 5.85. The molecule has 0 bridgehead atoms. The van der Waals surface area contributed by atoms with E-state index in [2.05, 4.69) is 6.07 Å². The molecule has 1 aromatic heterocycles. The van der Waals surface area contributed by atoms with Crippen LogP contribution in [0.2, 0.25) is 0 Å². The molecule has 0 aliphatic carbocycles. The van der Waals surface area contributed by atoms with E-state index in [0.29, 0.717) is 17.9 Å². The number of ether oxygens (including phenoxy) is 1. The van der Waals surface area contributed by atoms with Crippen LogP contribution >= 0.6 is 0 Å². The average molecular weight is 285 g/mol. The van der Waals surface area contributed by atoms with E-state index in [0.717, 1.165) is 23.8 Å². The maximum atomic E-state index is 11.4. The van der Waals surface area contributed by atoms with Gasteiger partial charge in [0.1, 0.15) is 11.3 Å². The van der Waals surface area contributed by atoms with Gasteiger partial charge in [0.15, 0.2) is 0 Å². The van der Waals surface area contributed by atoms with Crippen molar-refractivity contribution in [3.63, 3.8) is 0 Å². The topological polar surface area (TPSA) is 63.2 Å². The minimum atomic E-state index is -0.354. The lowest BCUT2D eigenvalue weighted by molar-refractivity contribution is 0.284. The van der Waals surface area contributed by atoms with E-state index in [1.165, 1.54) is 6.07 Å². The number of aryl methyl sites for hydroxylation is 1. The molecule has 0 amide bonds. The highest BCUT2D eigenvalue weighted by Gasteiger charge is 2.15. The Morgan fingerprint density at radius 3 is 2.81 bits per heavy atom. The molecular weight excluding hydrogens is 266 g/mol. The summed E-state index contributed by atoms with van der Waals surface area (Å²) >= 11 is 0. The molecule has 0 saturated heterocycles. The first-order chi connectivity index (χ1) is 9.91. The van der Waals surface area contributed by atoms with E-state index in [1.54, 1.807) is 6.07 Å². The summed E-state index contributed by atoms with van der Waals surface area (Å²) < 4.78 is 10.8. The second kappa shape index (κ2) is 6.01. The monoisotopic (exact) mass is 285 g/mol. The van der Waals surface area contributed by atoms with Crippen LogP contribution in [0.4, 0.5) is 0 Å². The Hall–Kier alpha value is -2.28. The van der Waals surface area contributed by atoms with E-state index in [9.17, 15) is 4.79 Å². The van der Waals surface area contributed by atoms with E-state index < -0.39 is 0 Å². The van der Waals surface area contributed by atoms with Crippen molar-refractivity contribution in [1.29, 1.82) is 5.26 Å². The Morgan fingerprint density at radius 1 is 1.33 bits per heavy atom. The molecule has 1 aromatic carbocycles. The van der Waals surface area contributed by atoms with Gasteiger partial charge in [0.2, 0.25) is 0 Å². The number of benzene rings is 1. The van der Waals surface area contributed by atoms with Gasteiger partial charge < -0.3 is 9.15 Å². The molecule has 4 heteroatoms. The second-order valence-electron chi connectivity index (χ2n) is 5.85. The molecule has 21 heavy (non-hydrogen) atoms. The quantitative estimate of drug-likeness (QED) is 0.619. The van der Waals surface area contributed by atoms with Crippen molar-refractivity contribution in [2.24, 2.45) is 5.41 Å². The molecule has 0 N–H and O–H groups in total. The van der Waals surface area contributed by atoms with Crippen molar-refractivity contribution in [2.45, 2.75) is 33.6 Å². The van der Waals surface area contributed by atoms with Crippen LogP contribution in [0.1, 0.15) is 32.3 Å². The standard InChI is InChI=1S/C17H19NO3/c1-12-9-16(19)21-15-10-13(5-6-14(12)15)20-8-4-7-17(2,3)11-18/h5-6,9-10H,4,7-8H2,1-3H3. The van der Waals surface area contributed by atoms with Crippen LogP contribution < -0.4 is 10.4 Å². The molecule has 0 aliphatic heterocycles. The number of hydrogen-bond donors (Lipinski definition) is 0. The van der Waals surface area contributed by atoms with Crippen molar-refractivity contribution < 1.29 is 9.15 Å². The zero-order valence-electron chi connectivity index (χ0n) is 12.6. The van der Waals surface area contributed by atoms with Crippen LogP contribution in [0, 0.1) is 23.7 Å². The van der Waals surface area contributed by atoms with Gasteiger partial charge in [-0.3, -0.25) is 0 Å². The third-order valence-corrected chi connectivity index (χ3v) is 3.44. The number of fused-ring (bicyclic) bond motifs is 1. The smallest absolute Gasteiger partial charge is 0.336 e. The molecule has 0 unspecified atom stereocenters. The fourth-order valence-corrected chi connectivity index (χ4v) is 2.16. The molecule has 0 radical (unpaired) electrons. The van der Waals surface area contributed by atoms with Crippen molar-refractivity contribution in [3.05, 3.63) is 40.2 Å². The summed E-state index contributed by atoms with van der Waals surface area (Å²) in [5.41, 5.74) is 0.753. The van der Waals surface area contributed by atoms with Gasteiger partial charge in [0.05, 0.1) is 18.1 Å². The van der Waals surface area contributed by atoms with Gasteiger partial charge in [0.25, 0.3) is 0 Å². The molecular formula is C17H19NO3. The molecule has 110 valence electrons. The summed E-state index contributed by atoms with van der Waals surface area (Å²) in [4.78, 5) is 11.4. The predicted molar refractivity (Wildman–Crippen MR) is 81.3 cm³/mol. The van der Waals surface area contributed by atoms with Gasteiger partial charge >= 0.3 is 5.63 Å². The number of hydrogen-bond acceptors (Lipinski definition) is 4. The van der Waals surface area contributed by atoms with Crippen LogP contribution in [-0.4, -0.2) is 6.61 Å². The van der Waals surface area contributed by atoms with E-state index >= 15 is 0 Å². The van der Waals surface area contributed by atoms with E-state index in [1.807, 2.05) is 32.9 Å². The summed E-state index contributed by atoms with van der Waals surface area (Å²) in [6, 6.07) is 9.24. The Kier molecular flexibility index (Phi) is 4.32. The minimum Gasteiger partial charge on any atom is -0.493 e. The normalized spacial score (nSPS) is 11.3. The summed E-state index contributed by atoms with van der Waals surface area (Å²) in [5, 5.41) is 9.86. The van der Waals surface area contributed by atoms with Crippen molar-refractivity contribution in [2.75, 3.05) is 6.61 Å². The Balaban J connectivity index is 2.04. The van der Waals surface area contributed by atoms with E-state index in [4.69, 9.17) is 14.4 Å². The molecule has 2 rings (SSSR count). The SMILES string of the molecule is Cc1cc(=O)oc2cc(OCCCC(C)(C)C#N)ccc12. The molecule has 0 atom stereocenters. The zero-order valence-corrected chi connectivity index (χ0v) is 12.6. The largest absolute Gasteiger partial charge is 0.493 e. The summed E-state index contributed by atoms with van der Waals surface area (Å²) in [6.45, 7) is 6.25. The number of nitrogens with zero attached hydrogens (tertiary/aromatic N) is 1. The van der Waals surface area contributed by atoms with Gasteiger partial charge in [-0.2, -0.15) is 5.26 Å². The molecule has 4 nitrogen and oxygen atoms in total. The highest BCUT2D eigenvalue weighted by molar-refractivity contribution is 5.81. The predicted octanol–water partition coefficient (Wildman–Crippen LogP) is 3.81. The van der Waals surface area contributed by atoms with Crippen molar-refractivity contribution >= 4 is 11.0 Å². The minimum absolute atomic E-state index is 0.323. The maximum absolute atomic E-state index is 11.4. The van der Waals surface area contributed by atoms with Crippen molar-refractivity contribution in [1.82, 2.24) is 0 Å². The molecule has 2 aromatic rings. The first-order valence-corrected chi connectivity index (χ1v) is 7.00. The average Bonchev–Trinajstić information content (AvgIpc) is 2.43. The number of nitriles is 1. The Bertz CT molecular complexity index is 738. The molecule has 0 saturated carbocycles. The maximum Gasteiger partial charge on any atom is 0.336 e. The summed E-state index contributed by atoms with van der Waals surface area (Å²) in [7, 11) is 0. The highest BCUT2D eigenvalue weighted by atomic mass is 16.5. The first kappa shape index (κ1) is 15.1. The van der Waals surface area contributed by atoms with Gasteiger partial charge in [-0.15, -0.1) is 0 Å². The lowest BCUT2D eigenvalue weighted by atomic mass is 9.90. The van der Waals surface area contributed by atoms with Gasteiger partial charge in [0, 0.05) is 17.5 Å². The Labute approximate surface area is 124 Å². The van der Waals surface area contributed by atoms with Gasteiger partial charge in [-0.25, -0.2) is 4.79 Å². The zero-order chi connectivity index (χ0) is 15.5. The van der Waals surface area contributed by atoms with Crippen LogP contribution in [-0.2, 0) is 0 Å². The van der Waals surface area contributed by atoms with Crippen LogP contribution in [0.15, 0.2) is 33.5 Å². The van der Waals surface area contributed by atoms with Crippen molar-refractivity contribution in [3.8, 4) is 11.8 Å². The summed E-state index contributed by atoms with van der Waals surface area (Å²) in [5.74, 6) is 0.672. The fourth-order valence-electron chi connectivity index (χ4n) is 2.16. The Morgan fingerprint density at radius 2 is 2.10 bits per heavy atom. The van der Waals surface area contributed by atoms with E-state index in [-0.39, 0.29) is 11.0 Å². The number of rotatable bonds is 5. The highest BCUT2D eigenvalue weighted by Crippen LogP contribution is 2.24. The van der Waals surface area contributed by atoms with Crippen LogP contribution in [0.25, 0.3) is 11.0 Å². The lowest BCUT2D eigenvalue weighted by Crippen LogP contribution is -2.10. The summed E-state index contributed by atoms with van der Waals surface area (Å²) in [6.07, 6.45) is 1.58. The molecule has 0 fully saturated rings. The third kappa shape index (κ3) is 3.85. The lowest BCUT2D eigenvalue weighted by Gasteiger charge is -2.14. The first-order valence-electron chi connectivity index (χ1n) is 7.00. The van der Waals surface area contributed by atoms with Gasteiger partial charge in [-0.1, -0.05) is 0 Å². The fraction of sp³-hybridized carbons (Fsp3) is 0.412. The van der Waals surface area contributed by atoms with Crippen LogP contribution in [0.3, 0.4) is 0 Å². The van der Waals surface area contributed by atoms with Crippen LogP contribution in [0.5, 0.6) is 5.75 Å². The third-order valence-electron chi connectivity index (χ3n) is 3.44. The molecule has 0 spiro atoms. The molecule has 0 aliphatic rings.